The van der Waals surface area contributed by atoms with E-state index in [0.29, 0.717) is 35.5 Å². The van der Waals surface area contributed by atoms with E-state index in [1.807, 2.05) is 6.92 Å². The molecule has 2 aromatic carbocycles. The molecule has 2 rings (SSSR count). The predicted molar refractivity (Wildman–Crippen MR) is 93.0 cm³/mol. The van der Waals surface area contributed by atoms with Crippen LogP contribution in [0.4, 0.5) is 5.69 Å². The number of carbonyl (C=O) groups excluding carboxylic acids is 3. The highest BCUT2D eigenvalue weighted by Gasteiger charge is 2.08. The Hall–Kier alpha value is -3.15. The van der Waals surface area contributed by atoms with Gasteiger partial charge in [-0.2, -0.15) is 0 Å². The molecule has 2 aromatic rings. The Kier molecular flexibility index (Phi) is 6.71. The summed E-state index contributed by atoms with van der Waals surface area (Å²) >= 11 is 0. The first-order valence-corrected chi connectivity index (χ1v) is 7.87. The van der Waals surface area contributed by atoms with E-state index in [4.69, 9.17) is 9.47 Å². The number of hydrogen-bond donors (Lipinski definition) is 1. The molecule has 25 heavy (non-hydrogen) atoms. The van der Waals surface area contributed by atoms with Crippen LogP contribution in [0.1, 0.15) is 34.1 Å². The number of hydrogen-bond acceptors (Lipinski definition) is 5. The zero-order valence-electron chi connectivity index (χ0n) is 13.9. The minimum atomic E-state index is -0.391. The number of aldehydes is 1. The van der Waals surface area contributed by atoms with Gasteiger partial charge in [0.05, 0.1) is 12.2 Å². The lowest BCUT2D eigenvalue weighted by atomic mass is 10.2. The van der Waals surface area contributed by atoms with E-state index >= 15 is 0 Å². The van der Waals surface area contributed by atoms with Crippen molar-refractivity contribution in [3.63, 3.8) is 0 Å². The Morgan fingerprint density at radius 2 is 1.88 bits per heavy atom. The lowest BCUT2D eigenvalue weighted by Crippen LogP contribution is -2.20. The van der Waals surface area contributed by atoms with Gasteiger partial charge >= 0.3 is 5.97 Å². The molecule has 1 amide bonds. The van der Waals surface area contributed by atoms with Crippen LogP contribution in [0.5, 0.6) is 5.75 Å². The van der Waals surface area contributed by atoms with Gasteiger partial charge < -0.3 is 14.8 Å². The second-order valence-corrected chi connectivity index (χ2v) is 5.24. The smallest absolute Gasteiger partial charge is 0.338 e. The summed E-state index contributed by atoms with van der Waals surface area (Å²) in [6.07, 6.45) is 1.47. The van der Waals surface area contributed by atoms with Crippen molar-refractivity contribution in [2.45, 2.75) is 13.3 Å². The summed E-state index contributed by atoms with van der Waals surface area (Å²) in [5.74, 6) is -0.301. The van der Waals surface area contributed by atoms with Gasteiger partial charge in [0.25, 0.3) is 5.91 Å². The van der Waals surface area contributed by atoms with Crippen LogP contribution in [0.25, 0.3) is 0 Å². The van der Waals surface area contributed by atoms with Gasteiger partial charge in [-0.25, -0.2) is 4.79 Å². The van der Waals surface area contributed by atoms with Crippen LogP contribution in [0, 0.1) is 0 Å². The maximum atomic E-state index is 11.9. The number of rotatable bonds is 8. The van der Waals surface area contributed by atoms with E-state index in [0.717, 1.165) is 6.42 Å². The topological polar surface area (TPSA) is 81.7 Å². The summed E-state index contributed by atoms with van der Waals surface area (Å²) in [7, 11) is 0. The monoisotopic (exact) mass is 341 g/mol. The van der Waals surface area contributed by atoms with Crippen molar-refractivity contribution < 1.29 is 23.9 Å². The van der Waals surface area contributed by atoms with Crippen LogP contribution in [0.15, 0.2) is 48.5 Å². The Balaban J connectivity index is 1.85. The van der Waals surface area contributed by atoms with Gasteiger partial charge in [0, 0.05) is 11.3 Å². The van der Waals surface area contributed by atoms with Gasteiger partial charge in [-0.1, -0.05) is 19.1 Å². The van der Waals surface area contributed by atoms with Gasteiger partial charge in [-0.05, 0) is 42.8 Å². The van der Waals surface area contributed by atoms with Crippen molar-refractivity contribution in [3.8, 4) is 5.75 Å². The SMILES string of the molecule is CCCOC(=O)c1ccc(NC(=O)COc2cccc(C=O)c2)cc1. The average Bonchev–Trinajstić information content (AvgIpc) is 2.65. The van der Waals surface area contributed by atoms with Gasteiger partial charge in [-0.15, -0.1) is 0 Å². The Morgan fingerprint density at radius 3 is 2.56 bits per heavy atom. The molecule has 0 fully saturated rings. The van der Waals surface area contributed by atoms with Crippen molar-refractivity contribution in [1.82, 2.24) is 0 Å². The van der Waals surface area contributed by atoms with Crippen molar-refractivity contribution in [2.24, 2.45) is 0 Å². The summed E-state index contributed by atoms with van der Waals surface area (Å²) in [5.41, 5.74) is 1.44. The lowest BCUT2D eigenvalue weighted by Gasteiger charge is -2.08. The molecule has 130 valence electrons. The summed E-state index contributed by atoms with van der Waals surface area (Å²) in [4.78, 5) is 34.3. The van der Waals surface area contributed by atoms with Crippen molar-refractivity contribution >= 4 is 23.9 Å². The van der Waals surface area contributed by atoms with Crippen LogP contribution in [-0.4, -0.2) is 31.4 Å². The summed E-state index contributed by atoms with van der Waals surface area (Å²) in [6, 6.07) is 12.9. The fraction of sp³-hybridized carbons (Fsp3) is 0.211. The minimum absolute atomic E-state index is 0.192. The van der Waals surface area contributed by atoms with Gasteiger partial charge in [-0.3, -0.25) is 9.59 Å². The highest BCUT2D eigenvalue weighted by Crippen LogP contribution is 2.13. The number of anilines is 1. The Morgan fingerprint density at radius 1 is 1.12 bits per heavy atom. The molecule has 0 saturated carbocycles. The Bertz CT molecular complexity index is 740. The average molecular weight is 341 g/mol. The van der Waals surface area contributed by atoms with E-state index < -0.39 is 5.97 Å². The maximum absolute atomic E-state index is 11.9. The molecule has 0 saturated heterocycles. The number of nitrogens with one attached hydrogen (secondary N) is 1. The van der Waals surface area contributed by atoms with Crippen LogP contribution in [0.2, 0.25) is 0 Å². The fourth-order valence-electron chi connectivity index (χ4n) is 1.99. The molecule has 0 aliphatic carbocycles. The van der Waals surface area contributed by atoms with Gasteiger partial charge in [0.15, 0.2) is 6.61 Å². The summed E-state index contributed by atoms with van der Waals surface area (Å²) in [5, 5.41) is 2.66. The molecule has 6 nitrogen and oxygen atoms in total. The quantitative estimate of drug-likeness (QED) is 0.589. The zero-order chi connectivity index (χ0) is 18.1. The van der Waals surface area contributed by atoms with Gasteiger partial charge in [0.1, 0.15) is 12.0 Å². The molecule has 6 heteroatoms. The zero-order valence-corrected chi connectivity index (χ0v) is 13.9. The van der Waals surface area contributed by atoms with E-state index in [-0.39, 0.29) is 12.5 Å². The lowest BCUT2D eigenvalue weighted by molar-refractivity contribution is -0.118. The number of ether oxygens (including phenoxy) is 2. The van der Waals surface area contributed by atoms with E-state index in [2.05, 4.69) is 5.32 Å². The third-order valence-electron chi connectivity index (χ3n) is 3.21. The second kappa shape index (κ2) is 9.22. The van der Waals surface area contributed by atoms with Crippen molar-refractivity contribution in [1.29, 1.82) is 0 Å². The first kappa shape index (κ1) is 18.2. The summed E-state index contributed by atoms with van der Waals surface area (Å²) in [6.45, 7) is 2.10. The highest BCUT2D eigenvalue weighted by atomic mass is 16.5. The largest absolute Gasteiger partial charge is 0.484 e. The van der Waals surface area contributed by atoms with Crippen LogP contribution < -0.4 is 10.1 Å². The van der Waals surface area contributed by atoms with Crippen LogP contribution in [0.3, 0.4) is 0 Å². The maximum Gasteiger partial charge on any atom is 0.338 e. The molecule has 0 atom stereocenters. The molecule has 0 spiro atoms. The van der Waals surface area contributed by atoms with Crippen LogP contribution in [-0.2, 0) is 9.53 Å². The number of esters is 1. The van der Waals surface area contributed by atoms with Crippen molar-refractivity contribution in [3.05, 3.63) is 59.7 Å². The third-order valence-corrected chi connectivity index (χ3v) is 3.21. The standard InChI is InChI=1S/C19H19NO5/c1-2-10-24-19(23)15-6-8-16(9-7-15)20-18(22)13-25-17-5-3-4-14(11-17)12-21/h3-9,11-12H,2,10,13H2,1H3,(H,20,22). The van der Waals surface area contributed by atoms with Crippen LogP contribution >= 0.6 is 0 Å². The molecule has 0 aromatic heterocycles. The minimum Gasteiger partial charge on any atom is -0.484 e. The number of benzene rings is 2. The molecule has 0 radical (unpaired) electrons. The molecule has 0 heterocycles. The molecule has 1 N–H and O–H groups in total. The second-order valence-electron chi connectivity index (χ2n) is 5.24. The molecule has 0 unspecified atom stereocenters. The van der Waals surface area contributed by atoms with Gasteiger partial charge in [0.2, 0.25) is 0 Å². The third kappa shape index (κ3) is 5.76. The number of amides is 1. The predicted octanol–water partition coefficient (Wildman–Crippen LogP) is 3.08. The Labute approximate surface area is 145 Å². The fourth-order valence-corrected chi connectivity index (χ4v) is 1.99. The molecule has 0 aliphatic heterocycles. The molecular formula is C19H19NO5. The molecular weight excluding hydrogens is 322 g/mol. The van der Waals surface area contributed by atoms with E-state index in [9.17, 15) is 14.4 Å². The first-order chi connectivity index (χ1) is 12.1. The normalized spacial score (nSPS) is 9.96. The molecule has 0 bridgehead atoms. The number of carbonyl (C=O) groups is 3. The first-order valence-electron chi connectivity index (χ1n) is 7.87. The van der Waals surface area contributed by atoms with E-state index in [1.54, 1.807) is 48.5 Å². The van der Waals surface area contributed by atoms with E-state index in [1.165, 1.54) is 0 Å². The van der Waals surface area contributed by atoms with Crippen molar-refractivity contribution in [2.75, 3.05) is 18.5 Å². The summed E-state index contributed by atoms with van der Waals surface area (Å²) < 4.78 is 10.4. The molecule has 0 aliphatic rings. The highest BCUT2D eigenvalue weighted by molar-refractivity contribution is 5.93.